The summed E-state index contributed by atoms with van der Waals surface area (Å²) in [5.74, 6) is 0.526. The third kappa shape index (κ3) is 3.36. The molecule has 1 aromatic carbocycles. The number of likely N-dealkylation sites (tertiary alicyclic amines) is 1. The predicted octanol–water partition coefficient (Wildman–Crippen LogP) is 2.32. The molecule has 1 aliphatic rings. The molecule has 0 radical (unpaired) electrons. The van der Waals surface area contributed by atoms with E-state index in [2.05, 4.69) is 16.9 Å². The summed E-state index contributed by atoms with van der Waals surface area (Å²) in [5.41, 5.74) is 2.06. The lowest BCUT2D eigenvalue weighted by molar-refractivity contribution is 0.301. The first-order valence-corrected chi connectivity index (χ1v) is 9.20. The molecule has 1 aromatic heterocycles. The molecule has 0 spiro atoms. The van der Waals surface area contributed by atoms with Gasteiger partial charge >= 0.3 is 7.60 Å². The minimum atomic E-state index is -4.19. The van der Waals surface area contributed by atoms with Gasteiger partial charge in [0.25, 0.3) is 0 Å². The fourth-order valence-corrected chi connectivity index (χ4v) is 3.45. The standard InChI is InChI=1S/C15H21N2O4P/c1-17-7-3-4-12(17)8-11-9-16-13-5-2-6-14(15(11)13)21-10-22(18,19)20/h2,5-6,9,12,16H,3-4,7-8,10H2,1H3,(H2,18,19,20). The Morgan fingerprint density at radius 3 is 2.95 bits per heavy atom. The number of hydrogen-bond acceptors (Lipinski definition) is 3. The summed E-state index contributed by atoms with van der Waals surface area (Å²) in [7, 11) is -2.05. The Morgan fingerprint density at radius 1 is 1.45 bits per heavy atom. The van der Waals surface area contributed by atoms with E-state index in [4.69, 9.17) is 14.5 Å². The molecule has 2 aromatic rings. The molecule has 3 rings (SSSR count). The molecule has 6 nitrogen and oxygen atoms in total. The number of aromatic amines is 1. The molecular weight excluding hydrogens is 303 g/mol. The van der Waals surface area contributed by atoms with Gasteiger partial charge in [-0.3, -0.25) is 4.57 Å². The number of likely N-dealkylation sites (N-methyl/N-ethyl adjacent to an activating group) is 1. The highest BCUT2D eigenvalue weighted by molar-refractivity contribution is 7.51. The van der Waals surface area contributed by atoms with Crippen LogP contribution < -0.4 is 4.74 Å². The summed E-state index contributed by atoms with van der Waals surface area (Å²) in [6, 6.07) is 6.03. The number of hydrogen-bond donors (Lipinski definition) is 3. The van der Waals surface area contributed by atoms with Crippen molar-refractivity contribution >= 4 is 18.5 Å². The Kier molecular flexibility index (Phi) is 4.28. The maximum absolute atomic E-state index is 11.0. The van der Waals surface area contributed by atoms with Crippen LogP contribution in [0, 0.1) is 0 Å². The first-order chi connectivity index (χ1) is 10.4. The van der Waals surface area contributed by atoms with E-state index < -0.39 is 13.9 Å². The van der Waals surface area contributed by atoms with Crippen LogP contribution in [0.5, 0.6) is 5.75 Å². The maximum atomic E-state index is 11.0. The van der Waals surface area contributed by atoms with Crippen LogP contribution in [0.1, 0.15) is 18.4 Å². The Hall–Kier alpha value is -1.33. The van der Waals surface area contributed by atoms with E-state index in [0.29, 0.717) is 11.8 Å². The molecule has 0 bridgehead atoms. The number of aromatic nitrogens is 1. The zero-order chi connectivity index (χ0) is 15.7. The number of ether oxygens (including phenoxy) is 1. The van der Waals surface area contributed by atoms with E-state index in [1.807, 2.05) is 18.3 Å². The lowest BCUT2D eigenvalue weighted by Crippen LogP contribution is -2.26. The quantitative estimate of drug-likeness (QED) is 0.735. The number of rotatable bonds is 5. The maximum Gasteiger partial charge on any atom is 0.362 e. The van der Waals surface area contributed by atoms with Crippen molar-refractivity contribution in [2.75, 3.05) is 19.9 Å². The molecule has 1 fully saturated rings. The minimum Gasteiger partial charge on any atom is -0.480 e. The van der Waals surface area contributed by atoms with Crippen LogP contribution in [-0.2, 0) is 11.0 Å². The normalized spacial score (nSPS) is 19.9. The average molecular weight is 324 g/mol. The topological polar surface area (TPSA) is 85.8 Å². The Bertz CT molecular complexity index is 709. The second-order valence-electron chi connectivity index (χ2n) is 5.91. The number of H-pyrrole nitrogens is 1. The van der Waals surface area contributed by atoms with E-state index in [-0.39, 0.29) is 0 Å². The molecule has 0 aliphatic carbocycles. The zero-order valence-corrected chi connectivity index (χ0v) is 13.4. The van der Waals surface area contributed by atoms with Crippen molar-refractivity contribution in [3.05, 3.63) is 30.0 Å². The van der Waals surface area contributed by atoms with Gasteiger partial charge in [-0.05, 0) is 50.6 Å². The highest BCUT2D eigenvalue weighted by Gasteiger charge is 2.23. The fourth-order valence-electron chi connectivity index (χ4n) is 3.15. The van der Waals surface area contributed by atoms with Crippen molar-refractivity contribution < 1.29 is 19.1 Å². The van der Waals surface area contributed by atoms with Gasteiger partial charge in [-0.25, -0.2) is 0 Å². The molecule has 3 N–H and O–H groups in total. The Balaban J connectivity index is 1.89. The molecule has 0 saturated carbocycles. The monoisotopic (exact) mass is 324 g/mol. The van der Waals surface area contributed by atoms with Gasteiger partial charge in [-0.2, -0.15) is 0 Å². The molecular formula is C15H21N2O4P. The number of nitrogens with one attached hydrogen (secondary N) is 1. The van der Waals surface area contributed by atoms with Crippen LogP contribution >= 0.6 is 7.60 Å². The first kappa shape index (κ1) is 15.6. The summed E-state index contributed by atoms with van der Waals surface area (Å²) in [6.07, 6.45) is 4.67. The lowest BCUT2D eigenvalue weighted by Gasteiger charge is -2.19. The fraction of sp³-hybridized carbons (Fsp3) is 0.467. The van der Waals surface area contributed by atoms with Gasteiger partial charge in [0.05, 0.1) is 0 Å². The van der Waals surface area contributed by atoms with Crippen LogP contribution in [0.4, 0.5) is 0 Å². The van der Waals surface area contributed by atoms with Crippen molar-refractivity contribution in [1.29, 1.82) is 0 Å². The van der Waals surface area contributed by atoms with Gasteiger partial charge in [0.2, 0.25) is 0 Å². The molecule has 1 saturated heterocycles. The smallest absolute Gasteiger partial charge is 0.362 e. The molecule has 22 heavy (non-hydrogen) atoms. The van der Waals surface area contributed by atoms with Gasteiger partial charge < -0.3 is 24.4 Å². The molecule has 0 amide bonds. The summed E-state index contributed by atoms with van der Waals surface area (Å²) in [5, 5.41) is 0.927. The zero-order valence-electron chi connectivity index (χ0n) is 12.5. The van der Waals surface area contributed by atoms with Gasteiger partial charge in [-0.15, -0.1) is 0 Å². The lowest BCUT2D eigenvalue weighted by atomic mass is 10.0. The second-order valence-corrected chi connectivity index (χ2v) is 7.50. The van der Waals surface area contributed by atoms with E-state index in [9.17, 15) is 4.57 Å². The third-order valence-corrected chi connectivity index (χ3v) is 4.73. The molecule has 1 unspecified atom stereocenters. The van der Waals surface area contributed by atoms with Crippen molar-refractivity contribution in [2.24, 2.45) is 0 Å². The highest BCUT2D eigenvalue weighted by atomic mass is 31.2. The SMILES string of the molecule is CN1CCCC1Cc1c[nH]c2cccc(OCP(=O)(O)O)c12. The minimum absolute atomic E-state index is 0.508. The van der Waals surface area contributed by atoms with Crippen LogP contribution in [0.2, 0.25) is 0 Å². The van der Waals surface area contributed by atoms with Gasteiger partial charge in [0.1, 0.15) is 5.75 Å². The van der Waals surface area contributed by atoms with E-state index >= 15 is 0 Å². The highest BCUT2D eigenvalue weighted by Crippen LogP contribution is 2.37. The van der Waals surface area contributed by atoms with Gasteiger partial charge in [-0.1, -0.05) is 6.07 Å². The van der Waals surface area contributed by atoms with Crippen LogP contribution in [-0.4, -0.2) is 45.7 Å². The van der Waals surface area contributed by atoms with E-state index in [1.165, 1.54) is 12.8 Å². The molecule has 2 heterocycles. The van der Waals surface area contributed by atoms with Crippen molar-refractivity contribution in [3.63, 3.8) is 0 Å². The van der Waals surface area contributed by atoms with Gasteiger partial charge in [0.15, 0.2) is 6.35 Å². The molecule has 1 atom stereocenters. The summed E-state index contributed by atoms with van der Waals surface area (Å²) >= 11 is 0. The number of benzene rings is 1. The average Bonchev–Trinajstić information content (AvgIpc) is 3.04. The van der Waals surface area contributed by atoms with Crippen LogP contribution in [0.3, 0.4) is 0 Å². The molecule has 120 valence electrons. The predicted molar refractivity (Wildman–Crippen MR) is 85.2 cm³/mol. The largest absolute Gasteiger partial charge is 0.480 e. The molecule has 7 heteroatoms. The van der Waals surface area contributed by atoms with Crippen molar-refractivity contribution in [1.82, 2.24) is 9.88 Å². The van der Waals surface area contributed by atoms with E-state index in [1.54, 1.807) is 6.07 Å². The summed E-state index contributed by atoms with van der Waals surface area (Å²) < 4.78 is 16.4. The summed E-state index contributed by atoms with van der Waals surface area (Å²) in [4.78, 5) is 23.6. The van der Waals surface area contributed by atoms with E-state index in [0.717, 1.165) is 29.4 Å². The number of nitrogens with zero attached hydrogens (tertiary/aromatic N) is 1. The van der Waals surface area contributed by atoms with Gasteiger partial charge in [0, 0.05) is 23.1 Å². The van der Waals surface area contributed by atoms with Crippen molar-refractivity contribution in [3.8, 4) is 5.75 Å². The Labute approximate surface area is 129 Å². The molecule has 1 aliphatic heterocycles. The van der Waals surface area contributed by atoms with Crippen LogP contribution in [0.15, 0.2) is 24.4 Å². The second kappa shape index (κ2) is 6.05. The number of fused-ring (bicyclic) bond motifs is 1. The van der Waals surface area contributed by atoms with Crippen molar-refractivity contribution in [2.45, 2.75) is 25.3 Å². The summed E-state index contributed by atoms with van der Waals surface area (Å²) in [6.45, 7) is 1.12. The first-order valence-electron chi connectivity index (χ1n) is 7.40. The Morgan fingerprint density at radius 2 is 2.27 bits per heavy atom. The third-order valence-electron chi connectivity index (χ3n) is 4.26. The van der Waals surface area contributed by atoms with Crippen LogP contribution in [0.25, 0.3) is 10.9 Å².